The van der Waals surface area contributed by atoms with Gasteiger partial charge in [-0.05, 0) is 54.8 Å². The van der Waals surface area contributed by atoms with E-state index in [1.165, 1.54) is 16.9 Å². The maximum atomic E-state index is 13.0. The van der Waals surface area contributed by atoms with Crippen LogP contribution in [0.25, 0.3) is 11.3 Å². The smallest absolute Gasteiger partial charge is 0.342 e. The fourth-order valence-corrected chi connectivity index (χ4v) is 4.23. The zero-order valence-electron chi connectivity index (χ0n) is 18.9. The number of aromatic nitrogens is 3. The fourth-order valence-electron chi connectivity index (χ4n) is 3.83. The third-order valence-corrected chi connectivity index (χ3v) is 6.52. The number of nitrogens with one attached hydrogen (secondary N) is 2. The monoisotopic (exact) mass is 521 g/mol. The first kappa shape index (κ1) is 23.8. The first-order valence-electron chi connectivity index (χ1n) is 11.3. The number of pyridine rings is 1. The van der Waals surface area contributed by atoms with Crippen LogP contribution in [-0.2, 0) is 6.54 Å². The molecule has 2 amide bonds. The number of amides is 2. The van der Waals surface area contributed by atoms with E-state index in [9.17, 15) is 14.7 Å². The van der Waals surface area contributed by atoms with Crippen molar-refractivity contribution in [2.24, 2.45) is 0 Å². The van der Waals surface area contributed by atoms with Gasteiger partial charge in [0.05, 0.1) is 17.0 Å². The van der Waals surface area contributed by atoms with Crippen molar-refractivity contribution < 1.29 is 14.7 Å². The van der Waals surface area contributed by atoms with E-state index >= 15 is 0 Å². The number of hydrogen-bond donors (Lipinski definition) is 3. The highest BCUT2D eigenvalue weighted by Crippen LogP contribution is 2.42. The predicted octanol–water partition coefficient (Wildman–Crippen LogP) is 5.85. The number of anilines is 1. The van der Waals surface area contributed by atoms with E-state index in [-0.39, 0.29) is 35.0 Å². The van der Waals surface area contributed by atoms with Gasteiger partial charge in [0.2, 0.25) is 0 Å². The maximum Gasteiger partial charge on any atom is 0.342 e. The molecule has 2 heterocycles. The van der Waals surface area contributed by atoms with Gasteiger partial charge in [0.1, 0.15) is 10.9 Å². The molecular weight excluding hydrogens is 501 g/mol. The van der Waals surface area contributed by atoms with Gasteiger partial charge >= 0.3 is 6.03 Å². The Morgan fingerprint density at radius 1 is 1.06 bits per heavy atom. The number of benzene rings is 2. The molecule has 0 unspecified atom stereocenters. The van der Waals surface area contributed by atoms with Crippen molar-refractivity contribution in [3.63, 3.8) is 0 Å². The molecule has 0 atom stereocenters. The molecule has 0 radical (unpaired) electrons. The minimum absolute atomic E-state index is 0.0850. The van der Waals surface area contributed by atoms with E-state index in [4.69, 9.17) is 23.2 Å². The number of aromatic hydroxyl groups is 1. The minimum Gasteiger partial charge on any atom is -0.507 e. The molecule has 0 bridgehead atoms. The lowest BCUT2D eigenvalue weighted by molar-refractivity contribution is 0.102. The first-order chi connectivity index (χ1) is 17.4. The van der Waals surface area contributed by atoms with Crippen molar-refractivity contribution in [1.29, 1.82) is 0 Å². The van der Waals surface area contributed by atoms with Gasteiger partial charge in [0.25, 0.3) is 5.91 Å². The van der Waals surface area contributed by atoms with Gasteiger partial charge in [0.15, 0.2) is 0 Å². The Morgan fingerprint density at radius 3 is 2.58 bits per heavy atom. The number of phenolic OH excluding ortho intramolecular Hbond substituents is 1. The fraction of sp³-hybridized carbons (Fsp3) is 0.154. The summed E-state index contributed by atoms with van der Waals surface area (Å²) in [6.45, 7) is 0.262. The number of rotatable bonds is 6. The van der Waals surface area contributed by atoms with E-state index < -0.39 is 5.91 Å². The summed E-state index contributed by atoms with van der Waals surface area (Å²) in [5, 5.41) is 21.4. The summed E-state index contributed by atoms with van der Waals surface area (Å²) in [5.41, 5.74) is 3.07. The Kier molecular flexibility index (Phi) is 6.63. The molecule has 2 aromatic heterocycles. The summed E-state index contributed by atoms with van der Waals surface area (Å²) in [6.07, 6.45) is 3.43. The lowest BCUT2D eigenvalue weighted by Crippen LogP contribution is -2.30. The van der Waals surface area contributed by atoms with Crippen LogP contribution in [0.15, 0.2) is 66.9 Å². The van der Waals surface area contributed by atoms with Gasteiger partial charge in [0, 0.05) is 41.0 Å². The second kappa shape index (κ2) is 10.0. The van der Waals surface area contributed by atoms with E-state index in [1.54, 1.807) is 30.3 Å². The topological polar surface area (TPSA) is 109 Å². The number of carbonyl (C=O) groups excluding carboxylic acids is 2. The molecule has 1 fully saturated rings. The number of halogens is 2. The molecule has 182 valence electrons. The summed E-state index contributed by atoms with van der Waals surface area (Å²) in [7, 11) is 0. The van der Waals surface area contributed by atoms with Crippen molar-refractivity contribution in [3.05, 3.63) is 93.9 Å². The van der Waals surface area contributed by atoms with Gasteiger partial charge < -0.3 is 15.7 Å². The summed E-state index contributed by atoms with van der Waals surface area (Å²) < 4.78 is 1.35. The maximum absolute atomic E-state index is 13.0. The SMILES string of the molecule is O=C(Nc1ccc(-c2cc(C3CC3)n(C(=O)NCc3ccccc3Cl)n2)c(O)c1)c1cccnc1Cl. The largest absolute Gasteiger partial charge is 0.507 e. The molecule has 8 nitrogen and oxygen atoms in total. The van der Waals surface area contributed by atoms with Crippen LogP contribution in [0.4, 0.5) is 10.5 Å². The van der Waals surface area contributed by atoms with Crippen LogP contribution in [0, 0.1) is 0 Å². The number of nitrogens with zero attached hydrogens (tertiary/aromatic N) is 3. The zero-order chi connectivity index (χ0) is 25.2. The molecule has 0 saturated heterocycles. The van der Waals surface area contributed by atoms with Gasteiger partial charge in [-0.1, -0.05) is 41.4 Å². The molecular formula is C26H21Cl2N5O3. The molecule has 2 aromatic carbocycles. The quantitative estimate of drug-likeness (QED) is 0.276. The van der Waals surface area contributed by atoms with Crippen LogP contribution < -0.4 is 10.6 Å². The van der Waals surface area contributed by atoms with Crippen molar-refractivity contribution in [2.45, 2.75) is 25.3 Å². The van der Waals surface area contributed by atoms with E-state index in [0.717, 1.165) is 24.1 Å². The third-order valence-electron chi connectivity index (χ3n) is 5.85. The molecule has 1 aliphatic carbocycles. The highest BCUT2D eigenvalue weighted by molar-refractivity contribution is 6.33. The predicted molar refractivity (Wildman–Crippen MR) is 138 cm³/mol. The normalized spacial score (nSPS) is 12.8. The highest BCUT2D eigenvalue weighted by atomic mass is 35.5. The Hall–Kier alpha value is -3.88. The van der Waals surface area contributed by atoms with Gasteiger partial charge in [-0.25, -0.2) is 9.78 Å². The molecule has 4 aromatic rings. The summed E-state index contributed by atoms with van der Waals surface area (Å²) in [5.74, 6) is -0.299. The van der Waals surface area contributed by atoms with E-state index in [0.29, 0.717) is 22.0 Å². The molecule has 36 heavy (non-hydrogen) atoms. The molecule has 0 aliphatic heterocycles. The van der Waals surface area contributed by atoms with Crippen LogP contribution in [0.5, 0.6) is 5.75 Å². The van der Waals surface area contributed by atoms with Crippen molar-refractivity contribution in [2.75, 3.05) is 5.32 Å². The van der Waals surface area contributed by atoms with E-state index in [2.05, 4.69) is 20.7 Å². The average molecular weight is 522 g/mol. The van der Waals surface area contributed by atoms with Crippen LogP contribution >= 0.6 is 23.2 Å². The second-order valence-corrected chi connectivity index (χ2v) is 9.18. The van der Waals surface area contributed by atoms with Crippen LogP contribution in [0.1, 0.15) is 40.4 Å². The zero-order valence-corrected chi connectivity index (χ0v) is 20.4. The van der Waals surface area contributed by atoms with Gasteiger partial charge in [-0.3, -0.25) is 4.79 Å². The second-order valence-electron chi connectivity index (χ2n) is 8.42. The van der Waals surface area contributed by atoms with Gasteiger partial charge in [-0.2, -0.15) is 9.78 Å². The average Bonchev–Trinajstić information content (AvgIpc) is 3.62. The Bertz CT molecular complexity index is 1470. The van der Waals surface area contributed by atoms with Crippen molar-refractivity contribution >= 4 is 40.8 Å². The molecule has 10 heteroatoms. The summed E-state index contributed by atoms with van der Waals surface area (Å²) in [6, 6.07) is 16.6. The lowest BCUT2D eigenvalue weighted by atomic mass is 10.1. The summed E-state index contributed by atoms with van der Waals surface area (Å²) >= 11 is 12.2. The molecule has 1 saturated carbocycles. The lowest BCUT2D eigenvalue weighted by Gasteiger charge is -2.09. The van der Waals surface area contributed by atoms with Crippen LogP contribution in [0.3, 0.4) is 0 Å². The Morgan fingerprint density at radius 2 is 1.86 bits per heavy atom. The first-order valence-corrected chi connectivity index (χ1v) is 12.0. The summed E-state index contributed by atoms with van der Waals surface area (Å²) in [4.78, 5) is 29.4. The molecule has 0 spiro atoms. The Labute approximate surface area is 216 Å². The third kappa shape index (κ3) is 5.05. The Balaban J connectivity index is 1.35. The minimum atomic E-state index is -0.448. The molecule has 5 rings (SSSR count). The molecule has 1 aliphatic rings. The standard InChI is InChI=1S/C26H21Cl2N5O3/c27-20-6-2-1-4-16(20)14-30-26(36)33-22(15-7-8-15)13-21(32-33)18-10-9-17(12-23(18)34)31-25(35)19-5-3-11-29-24(19)28/h1-6,9-13,15,34H,7-8,14H2,(H,30,36)(H,31,35). The highest BCUT2D eigenvalue weighted by Gasteiger charge is 2.31. The molecule has 3 N–H and O–H groups in total. The number of hydrogen-bond acceptors (Lipinski definition) is 5. The van der Waals surface area contributed by atoms with Gasteiger partial charge in [-0.15, -0.1) is 0 Å². The van der Waals surface area contributed by atoms with Crippen molar-refractivity contribution in [1.82, 2.24) is 20.1 Å². The van der Waals surface area contributed by atoms with Crippen LogP contribution in [-0.4, -0.2) is 31.8 Å². The van der Waals surface area contributed by atoms with Crippen molar-refractivity contribution in [3.8, 4) is 17.0 Å². The van der Waals surface area contributed by atoms with Crippen LogP contribution in [0.2, 0.25) is 10.2 Å². The number of phenols is 1. The number of carbonyl (C=O) groups is 2. The van der Waals surface area contributed by atoms with E-state index in [1.807, 2.05) is 24.3 Å².